The number of aromatic nitrogens is 1. The summed E-state index contributed by atoms with van der Waals surface area (Å²) in [6, 6.07) is 6.44. The van der Waals surface area contributed by atoms with E-state index in [2.05, 4.69) is 23.7 Å². The topological polar surface area (TPSA) is 60.1 Å². The summed E-state index contributed by atoms with van der Waals surface area (Å²) in [4.78, 5) is 13.8. The van der Waals surface area contributed by atoms with Crippen molar-refractivity contribution in [1.29, 1.82) is 0 Å². The molecule has 2 aromatic rings. The van der Waals surface area contributed by atoms with Crippen LogP contribution in [0, 0.1) is 0 Å². The summed E-state index contributed by atoms with van der Waals surface area (Å²) in [5, 5.41) is 5.22. The first-order chi connectivity index (χ1) is 10.2. The predicted molar refractivity (Wildman–Crippen MR) is 86.5 cm³/mol. The maximum Gasteiger partial charge on any atom is 0.268 e. The maximum absolute atomic E-state index is 12.6. The average Bonchev–Trinajstić information content (AvgIpc) is 3.00. The molecule has 0 spiro atoms. The molecule has 0 bridgehead atoms. The number of nitrogens with zero attached hydrogens (tertiary/aromatic N) is 1. The Kier molecular flexibility index (Phi) is 4.01. The normalized spacial score (nSPS) is 15.9. The van der Waals surface area contributed by atoms with Crippen molar-refractivity contribution < 1.29 is 4.79 Å². The van der Waals surface area contributed by atoms with Crippen molar-refractivity contribution in [2.24, 2.45) is 0 Å². The first kappa shape index (κ1) is 14.2. The maximum atomic E-state index is 12.6. The van der Waals surface area contributed by atoms with E-state index in [9.17, 15) is 4.79 Å². The van der Waals surface area contributed by atoms with Gasteiger partial charge in [-0.25, -0.2) is 0 Å². The average molecular weight is 303 g/mol. The first-order valence-corrected chi connectivity index (χ1v) is 8.38. The van der Waals surface area contributed by atoms with E-state index in [1.165, 1.54) is 4.88 Å². The van der Waals surface area contributed by atoms with E-state index >= 15 is 0 Å². The Labute approximate surface area is 129 Å². The number of anilines is 1. The van der Waals surface area contributed by atoms with Gasteiger partial charge in [0.2, 0.25) is 0 Å². The SMILES string of the molecule is CCCC(NC(=O)c1cc(N)cn1C1CC1)c1cccs1. The third-order valence-electron chi connectivity index (χ3n) is 3.81. The Morgan fingerprint density at radius 2 is 2.38 bits per heavy atom. The van der Waals surface area contributed by atoms with E-state index in [0.717, 1.165) is 25.7 Å². The van der Waals surface area contributed by atoms with Crippen molar-refractivity contribution in [3.05, 3.63) is 40.3 Å². The van der Waals surface area contributed by atoms with Gasteiger partial charge in [-0.05, 0) is 36.8 Å². The van der Waals surface area contributed by atoms with Gasteiger partial charge in [0, 0.05) is 17.1 Å². The largest absolute Gasteiger partial charge is 0.397 e. The molecule has 1 aliphatic rings. The van der Waals surface area contributed by atoms with E-state index in [1.807, 2.05) is 16.8 Å². The molecule has 1 amide bonds. The fraction of sp³-hybridized carbons (Fsp3) is 0.438. The van der Waals surface area contributed by atoms with Crippen LogP contribution in [0.2, 0.25) is 0 Å². The highest BCUT2D eigenvalue weighted by Gasteiger charge is 2.28. The minimum atomic E-state index is -0.0227. The van der Waals surface area contributed by atoms with Crippen LogP contribution in [0.15, 0.2) is 29.8 Å². The van der Waals surface area contributed by atoms with Crippen LogP contribution >= 0.6 is 11.3 Å². The number of nitrogen functional groups attached to an aromatic ring is 1. The van der Waals surface area contributed by atoms with Gasteiger partial charge in [-0.2, -0.15) is 0 Å². The molecule has 1 saturated carbocycles. The van der Waals surface area contributed by atoms with Crippen molar-refractivity contribution in [1.82, 2.24) is 9.88 Å². The molecule has 3 N–H and O–H groups in total. The van der Waals surface area contributed by atoms with Gasteiger partial charge in [0.15, 0.2) is 0 Å². The molecule has 0 radical (unpaired) electrons. The van der Waals surface area contributed by atoms with Crippen LogP contribution in [0.4, 0.5) is 5.69 Å². The van der Waals surface area contributed by atoms with E-state index in [4.69, 9.17) is 5.73 Å². The van der Waals surface area contributed by atoms with Gasteiger partial charge in [0.05, 0.1) is 11.7 Å². The summed E-state index contributed by atoms with van der Waals surface area (Å²) < 4.78 is 2.03. The predicted octanol–water partition coefficient (Wildman–Crippen LogP) is 3.74. The Morgan fingerprint density at radius 3 is 3.00 bits per heavy atom. The molecule has 21 heavy (non-hydrogen) atoms. The van der Waals surface area contributed by atoms with Crippen molar-refractivity contribution in [2.75, 3.05) is 5.73 Å². The van der Waals surface area contributed by atoms with Gasteiger partial charge >= 0.3 is 0 Å². The molecule has 0 aliphatic heterocycles. The molecule has 2 aromatic heterocycles. The summed E-state index contributed by atoms with van der Waals surface area (Å²) in [5.74, 6) is -0.0227. The van der Waals surface area contributed by atoms with Gasteiger partial charge in [-0.3, -0.25) is 4.79 Å². The zero-order valence-corrected chi connectivity index (χ0v) is 13.0. The number of amides is 1. The summed E-state index contributed by atoms with van der Waals surface area (Å²) in [7, 11) is 0. The zero-order valence-electron chi connectivity index (χ0n) is 12.2. The van der Waals surface area contributed by atoms with Crippen LogP contribution in [0.3, 0.4) is 0 Å². The van der Waals surface area contributed by atoms with Crippen molar-refractivity contribution in [3.8, 4) is 0 Å². The van der Waals surface area contributed by atoms with Crippen molar-refractivity contribution in [3.63, 3.8) is 0 Å². The minimum Gasteiger partial charge on any atom is -0.397 e. The molecule has 4 nitrogen and oxygen atoms in total. The smallest absolute Gasteiger partial charge is 0.268 e. The Hall–Kier alpha value is -1.75. The number of carbonyl (C=O) groups excluding carboxylic acids is 1. The van der Waals surface area contributed by atoms with E-state index in [1.54, 1.807) is 17.4 Å². The molecule has 3 rings (SSSR count). The van der Waals surface area contributed by atoms with Crippen molar-refractivity contribution in [2.45, 2.75) is 44.7 Å². The van der Waals surface area contributed by atoms with Crippen molar-refractivity contribution >= 4 is 22.9 Å². The number of hydrogen-bond acceptors (Lipinski definition) is 3. The molecule has 112 valence electrons. The third kappa shape index (κ3) is 3.13. The quantitative estimate of drug-likeness (QED) is 0.854. The Balaban J connectivity index is 1.78. The second-order valence-electron chi connectivity index (χ2n) is 5.63. The lowest BCUT2D eigenvalue weighted by atomic mass is 10.1. The highest BCUT2D eigenvalue weighted by atomic mass is 32.1. The van der Waals surface area contributed by atoms with Crippen LogP contribution < -0.4 is 11.1 Å². The molecular weight excluding hydrogens is 282 g/mol. The summed E-state index contributed by atoms with van der Waals surface area (Å²) >= 11 is 1.69. The van der Waals surface area contributed by atoms with Crippen LogP contribution in [-0.2, 0) is 0 Å². The lowest BCUT2D eigenvalue weighted by molar-refractivity contribution is 0.0925. The zero-order chi connectivity index (χ0) is 14.8. The summed E-state index contributed by atoms with van der Waals surface area (Å²) in [6.45, 7) is 2.14. The van der Waals surface area contributed by atoms with Gasteiger partial charge in [-0.1, -0.05) is 19.4 Å². The molecule has 0 saturated heterocycles. The molecule has 2 heterocycles. The van der Waals surface area contributed by atoms with Crippen LogP contribution in [-0.4, -0.2) is 10.5 Å². The summed E-state index contributed by atoms with van der Waals surface area (Å²) in [5.41, 5.74) is 7.22. The Morgan fingerprint density at radius 1 is 1.57 bits per heavy atom. The standard InChI is InChI=1S/C16H21N3OS/c1-2-4-13(15-5-3-8-21-15)18-16(20)14-9-11(17)10-19(14)12-6-7-12/h3,5,8-10,12-13H,2,4,6-7,17H2,1H3,(H,18,20). The lowest BCUT2D eigenvalue weighted by Crippen LogP contribution is -2.29. The van der Waals surface area contributed by atoms with Crippen LogP contribution in [0.1, 0.15) is 60.1 Å². The van der Waals surface area contributed by atoms with Gasteiger partial charge in [-0.15, -0.1) is 11.3 Å². The minimum absolute atomic E-state index is 0.0227. The molecule has 1 unspecified atom stereocenters. The third-order valence-corrected chi connectivity index (χ3v) is 4.80. The first-order valence-electron chi connectivity index (χ1n) is 7.50. The fourth-order valence-electron chi connectivity index (χ4n) is 2.63. The molecule has 1 atom stereocenters. The fourth-order valence-corrected chi connectivity index (χ4v) is 3.45. The monoisotopic (exact) mass is 303 g/mol. The molecule has 1 aliphatic carbocycles. The second kappa shape index (κ2) is 5.93. The van der Waals surface area contributed by atoms with E-state index in [-0.39, 0.29) is 11.9 Å². The Bertz CT molecular complexity index is 614. The molecule has 1 fully saturated rings. The second-order valence-corrected chi connectivity index (χ2v) is 6.61. The molecular formula is C16H21N3OS. The van der Waals surface area contributed by atoms with E-state index in [0.29, 0.717) is 17.4 Å². The summed E-state index contributed by atoms with van der Waals surface area (Å²) in [6.07, 6.45) is 6.14. The van der Waals surface area contributed by atoms with Gasteiger partial charge in [0.25, 0.3) is 5.91 Å². The highest BCUT2D eigenvalue weighted by molar-refractivity contribution is 7.10. The van der Waals surface area contributed by atoms with Crippen LogP contribution in [0.25, 0.3) is 0 Å². The number of nitrogens with two attached hydrogens (primary N) is 1. The molecule has 0 aromatic carbocycles. The number of nitrogens with one attached hydrogen (secondary N) is 1. The number of carbonyl (C=O) groups is 1. The van der Waals surface area contributed by atoms with Gasteiger partial charge in [0.1, 0.15) is 5.69 Å². The number of thiophene rings is 1. The number of hydrogen-bond donors (Lipinski definition) is 2. The van der Waals surface area contributed by atoms with Crippen LogP contribution in [0.5, 0.6) is 0 Å². The lowest BCUT2D eigenvalue weighted by Gasteiger charge is -2.17. The molecule has 5 heteroatoms. The van der Waals surface area contributed by atoms with Gasteiger partial charge < -0.3 is 15.6 Å². The van der Waals surface area contributed by atoms with E-state index < -0.39 is 0 Å². The number of rotatable bonds is 6. The highest BCUT2D eigenvalue weighted by Crippen LogP contribution is 2.37.